The van der Waals surface area contributed by atoms with Gasteiger partial charge in [0.2, 0.25) is 11.7 Å². The number of anilines is 1. The van der Waals surface area contributed by atoms with E-state index in [1.54, 1.807) is 10.7 Å². The number of hydrogen-bond acceptors (Lipinski definition) is 4. The maximum Gasteiger partial charge on any atom is 0.226 e. The van der Waals surface area contributed by atoms with E-state index in [1.807, 2.05) is 62.4 Å². The fourth-order valence-corrected chi connectivity index (χ4v) is 3.99. The van der Waals surface area contributed by atoms with E-state index in [2.05, 4.69) is 10.4 Å². The normalized spacial score (nSPS) is 15.9. The van der Waals surface area contributed by atoms with Crippen LogP contribution in [-0.2, 0) is 4.79 Å². The summed E-state index contributed by atoms with van der Waals surface area (Å²) in [6, 6.07) is 17.1. The van der Waals surface area contributed by atoms with Crippen molar-refractivity contribution in [1.29, 1.82) is 0 Å². The van der Waals surface area contributed by atoms with Gasteiger partial charge in [-0.05, 0) is 43.7 Å². The molecule has 1 unspecified atom stereocenters. The lowest BCUT2D eigenvalue weighted by Crippen LogP contribution is -2.28. The van der Waals surface area contributed by atoms with Crippen LogP contribution in [0.5, 0.6) is 0 Å². The van der Waals surface area contributed by atoms with Gasteiger partial charge in [-0.15, -0.1) is 0 Å². The number of carbonyl (C=O) groups excluding carboxylic acids is 2. The molecule has 5 rings (SSSR count). The third-order valence-electron chi connectivity index (χ3n) is 5.33. The number of aromatic nitrogens is 2. The number of amides is 1. The minimum Gasteiger partial charge on any atom is -0.453 e. The number of aryl methyl sites for hydroxylation is 2. The van der Waals surface area contributed by atoms with Crippen LogP contribution in [0, 0.1) is 13.8 Å². The van der Waals surface area contributed by atoms with Gasteiger partial charge in [0.1, 0.15) is 11.4 Å². The van der Waals surface area contributed by atoms with E-state index in [-0.39, 0.29) is 23.9 Å². The van der Waals surface area contributed by atoms with Crippen LogP contribution in [0.4, 0.5) is 5.82 Å². The van der Waals surface area contributed by atoms with Gasteiger partial charge < -0.3 is 9.73 Å². The second-order valence-corrected chi connectivity index (χ2v) is 7.42. The lowest BCUT2D eigenvalue weighted by Gasteiger charge is -2.22. The molecule has 1 N–H and O–H groups in total. The van der Waals surface area contributed by atoms with Crippen LogP contribution in [0.3, 0.4) is 0 Å². The Labute approximate surface area is 167 Å². The highest BCUT2D eigenvalue weighted by Crippen LogP contribution is 2.39. The average molecular weight is 385 g/mol. The monoisotopic (exact) mass is 385 g/mol. The Balaban J connectivity index is 1.62. The molecule has 0 saturated carbocycles. The third-order valence-corrected chi connectivity index (χ3v) is 5.33. The van der Waals surface area contributed by atoms with E-state index in [0.29, 0.717) is 11.4 Å². The van der Waals surface area contributed by atoms with Gasteiger partial charge >= 0.3 is 0 Å². The number of carbonyl (C=O) groups is 2. The van der Waals surface area contributed by atoms with Gasteiger partial charge in [-0.1, -0.05) is 30.3 Å². The summed E-state index contributed by atoms with van der Waals surface area (Å²) in [6.07, 6.45) is 0.0726. The Morgan fingerprint density at radius 1 is 1.14 bits per heavy atom. The Bertz CT molecular complexity index is 1250. The standard InChI is InChI=1S/C23H19N3O3/c1-13-6-5-8-16(10-13)26-23-21(14(2)25-26)17(12-20(27)24-23)22(28)19-11-15-7-3-4-9-18(15)29-19/h3-11,17H,12H2,1-2H3,(H,24,27). The van der Waals surface area contributed by atoms with E-state index >= 15 is 0 Å². The first kappa shape index (κ1) is 17.4. The predicted molar refractivity (Wildman–Crippen MR) is 110 cm³/mol. The first-order chi connectivity index (χ1) is 14.0. The van der Waals surface area contributed by atoms with Crippen LogP contribution in [0.15, 0.2) is 59.0 Å². The number of benzene rings is 2. The van der Waals surface area contributed by atoms with Gasteiger partial charge in [-0.25, -0.2) is 4.68 Å². The summed E-state index contributed by atoms with van der Waals surface area (Å²) in [5, 5.41) is 8.40. The summed E-state index contributed by atoms with van der Waals surface area (Å²) in [5.41, 5.74) is 4.05. The molecule has 2 aromatic carbocycles. The quantitative estimate of drug-likeness (QED) is 0.525. The number of nitrogens with one attached hydrogen (secondary N) is 1. The zero-order valence-corrected chi connectivity index (χ0v) is 16.1. The molecule has 6 heteroatoms. The van der Waals surface area contributed by atoms with Crippen LogP contribution in [0.2, 0.25) is 0 Å². The maximum absolute atomic E-state index is 13.3. The number of ketones is 1. The smallest absolute Gasteiger partial charge is 0.226 e. The molecule has 1 aliphatic heterocycles. The lowest BCUT2D eigenvalue weighted by molar-refractivity contribution is -0.116. The van der Waals surface area contributed by atoms with Gasteiger partial charge in [-0.3, -0.25) is 9.59 Å². The molecule has 0 fully saturated rings. The van der Waals surface area contributed by atoms with Crippen molar-refractivity contribution in [2.45, 2.75) is 26.2 Å². The summed E-state index contributed by atoms with van der Waals surface area (Å²) >= 11 is 0. The molecule has 2 aromatic heterocycles. The maximum atomic E-state index is 13.3. The van der Waals surface area contributed by atoms with Gasteiger partial charge in [0.15, 0.2) is 5.76 Å². The van der Waals surface area contributed by atoms with Crippen molar-refractivity contribution < 1.29 is 14.0 Å². The number of Topliss-reactive ketones (excluding diaryl/α,β-unsaturated/α-hetero) is 1. The molecule has 0 bridgehead atoms. The van der Waals surface area contributed by atoms with E-state index in [1.165, 1.54) is 0 Å². The minimum atomic E-state index is -0.627. The van der Waals surface area contributed by atoms with Gasteiger partial charge in [0, 0.05) is 17.4 Å². The summed E-state index contributed by atoms with van der Waals surface area (Å²) in [6.45, 7) is 3.86. The molecule has 1 aliphatic rings. The first-order valence-corrected chi connectivity index (χ1v) is 9.50. The number of nitrogens with zero attached hydrogens (tertiary/aromatic N) is 2. The van der Waals surface area contributed by atoms with Crippen molar-refractivity contribution >= 4 is 28.5 Å². The molecule has 144 valence electrons. The molecule has 0 radical (unpaired) electrons. The largest absolute Gasteiger partial charge is 0.453 e. The highest BCUT2D eigenvalue weighted by molar-refractivity contribution is 6.08. The van der Waals surface area contributed by atoms with Crippen molar-refractivity contribution in [2.24, 2.45) is 0 Å². The summed E-state index contributed by atoms with van der Waals surface area (Å²) < 4.78 is 7.47. The second kappa shape index (κ2) is 6.44. The Kier molecular flexibility index (Phi) is 3.87. The van der Waals surface area contributed by atoms with E-state index in [9.17, 15) is 9.59 Å². The number of hydrogen-bond donors (Lipinski definition) is 1. The third kappa shape index (κ3) is 2.84. The molecular formula is C23H19N3O3. The van der Waals surface area contributed by atoms with E-state index in [0.717, 1.165) is 27.9 Å². The van der Waals surface area contributed by atoms with Crippen LogP contribution in [0.1, 0.15) is 39.7 Å². The van der Waals surface area contributed by atoms with Crippen LogP contribution in [-0.4, -0.2) is 21.5 Å². The van der Waals surface area contributed by atoms with Crippen molar-refractivity contribution in [2.75, 3.05) is 5.32 Å². The zero-order valence-electron chi connectivity index (χ0n) is 16.1. The van der Waals surface area contributed by atoms with Crippen molar-refractivity contribution in [1.82, 2.24) is 9.78 Å². The summed E-state index contributed by atoms with van der Waals surface area (Å²) in [5.74, 6) is -0.221. The van der Waals surface area contributed by atoms with Crippen molar-refractivity contribution in [3.05, 3.63) is 77.2 Å². The topological polar surface area (TPSA) is 77.1 Å². The Morgan fingerprint density at radius 3 is 2.76 bits per heavy atom. The van der Waals surface area contributed by atoms with Gasteiger partial charge in [0.05, 0.1) is 17.3 Å². The molecule has 29 heavy (non-hydrogen) atoms. The molecular weight excluding hydrogens is 366 g/mol. The SMILES string of the molecule is Cc1cccc(-n2nc(C)c3c2NC(=O)CC3C(=O)c2cc3ccccc3o2)c1. The molecule has 3 heterocycles. The molecule has 4 aromatic rings. The van der Waals surface area contributed by atoms with Crippen LogP contribution < -0.4 is 5.32 Å². The number of rotatable bonds is 3. The van der Waals surface area contributed by atoms with Gasteiger partial charge in [0.25, 0.3) is 0 Å². The number of fused-ring (bicyclic) bond motifs is 2. The predicted octanol–water partition coefficient (Wildman–Crippen LogP) is 4.54. The Hall–Kier alpha value is -3.67. The number of furan rings is 1. The fraction of sp³-hybridized carbons (Fsp3) is 0.174. The average Bonchev–Trinajstić information content (AvgIpc) is 3.28. The van der Waals surface area contributed by atoms with E-state index < -0.39 is 5.92 Å². The fourth-order valence-electron chi connectivity index (χ4n) is 3.99. The molecule has 0 saturated heterocycles. The van der Waals surface area contributed by atoms with E-state index in [4.69, 9.17) is 4.42 Å². The number of para-hydroxylation sites is 1. The zero-order chi connectivity index (χ0) is 20.1. The molecule has 1 amide bonds. The summed E-state index contributed by atoms with van der Waals surface area (Å²) in [7, 11) is 0. The first-order valence-electron chi connectivity index (χ1n) is 9.50. The van der Waals surface area contributed by atoms with Gasteiger partial charge in [-0.2, -0.15) is 5.10 Å². The molecule has 0 spiro atoms. The minimum absolute atomic E-state index is 0.0726. The summed E-state index contributed by atoms with van der Waals surface area (Å²) in [4.78, 5) is 25.8. The molecule has 1 atom stereocenters. The Morgan fingerprint density at radius 2 is 1.97 bits per heavy atom. The van der Waals surface area contributed by atoms with Crippen LogP contribution in [0.25, 0.3) is 16.7 Å². The second-order valence-electron chi connectivity index (χ2n) is 7.42. The highest BCUT2D eigenvalue weighted by Gasteiger charge is 2.37. The highest BCUT2D eigenvalue weighted by atomic mass is 16.3. The van der Waals surface area contributed by atoms with Crippen LogP contribution >= 0.6 is 0 Å². The molecule has 6 nitrogen and oxygen atoms in total. The molecule has 0 aliphatic carbocycles. The lowest BCUT2D eigenvalue weighted by atomic mass is 9.87. The van der Waals surface area contributed by atoms with Crippen molar-refractivity contribution in [3.8, 4) is 5.69 Å². The van der Waals surface area contributed by atoms with Crippen molar-refractivity contribution in [3.63, 3.8) is 0 Å².